The van der Waals surface area contributed by atoms with Crippen molar-refractivity contribution in [1.29, 1.82) is 0 Å². The Bertz CT molecular complexity index is 2580. The van der Waals surface area contributed by atoms with E-state index in [2.05, 4.69) is 15.0 Å². The van der Waals surface area contributed by atoms with Crippen molar-refractivity contribution < 1.29 is 18.1 Å². The molecule has 7 nitrogen and oxygen atoms in total. The third kappa shape index (κ3) is 7.15. The maximum absolute atomic E-state index is 15.4. The van der Waals surface area contributed by atoms with Gasteiger partial charge in [0.15, 0.2) is 17.2 Å². The standard InChI is InChI=1S/C45H33Cl3N3O4P/c46-43-31(22-28-10-4-1-5-11-28)16-19-34-40(43)37(25-49-34)53-56(52,54-38-26-50-35-20-17-32(44(47)41(35)38)23-29-12-6-2-7-13-29)55-39-27-51-36-21-18-33(45(48)42(36)39)24-30-14-8-3-9-15-30/h1-21,25-27,49-51H,22-24H2. The molecule has 0 atom stereocenters. The van der Waals surface area contributed by atoms with Gasteiger partial charge in [0.1, 0.15) is 0 Å². The molecule has 278 valence electrons. The predicted octanol–water partition coefficient (Wildman–Crippen LogP) is 13.5. The number of phosphoric ester groups is 1. The smallest absolute Gasteiger partial charge is 0.384 e. The second kappa shape index (κ2) is 15.2. The van der Waals surface area contributed by atoms with Crippen LogP contribution in [0.15, 0.2) is 146 Å². The maximum Gasteiger partial charge on any atom is 0.647 e. The van der Waals surface area contributed by atoms with Crippen molar-refractivity contribution in [1.82, 2.24) is 15.0 Å². The Balaban J connectivity index is 1.13. The molecule has 0 fully saturated rings. The molecular weight excluding hydrogens is 784 g/mol. The van der Waals surface area contributed by atoms with Gasteiger partial charge in [-0.05, 0) is 70.8 Å². The van der Waals surface area contributed by atoms with E-state index >= 15 is 4.57 Å². The lowest BCUT2D eigenvalue weighted by Gasteiger charge is -2.19. The molecular formula is C45H33Cl3N3O4P. The molecule has 0 amide bonds. The fourth-order valence-corrected chi connectivity index (χ4v) is 9.32. The topological polar surface area (TPSA) is 92.1 Å². The van der Waals surface area contributed by atoms with Crippen molar-refractivity contribution in [2.45, 2.75) is 19.3 Å². The molecule has 56 heavy (non-hydrogen) atoms. The highest BCUT2D eigenvalue weighted by Crippen LogP contribution is 2.55. The molecule has 0 aliphatic heterocycles. The first-order valence-electron chi connectivity index (χ1n) is 18.0. The first kappa shape index (κ1) is 36.1. The molecule has 0 aliphatic rings. The normalized spacial score (nSPS) is 11.8. The van der Waals surface area contributed by atoms with Crippen molar-refractivity contribution in [3.05, 3.63) is 194 Å². The minimum atomic E-state index is -4.64. The van der Waals surface area contributed by atoms with Gasteiger partial charge in [0.2, 0.25) is 0 Å². The zero-order chi connectivity index (χ0) is 38.2. The van der Waals surface area contributed by atoms with Crippen LogP contribution >= 0.6 is 42.6 Å². The summed E-state index contributed by atoms with van der Waals surface area (Å²) < 4.78 is 34.6. The van der Waals surface area contributed by atoms with E-state index < -0.39 is 7.82 Å². The van der Waals surface area contributed by atoms with Crippen LogP contribution in [0.3, 0.4) is 0 Å². The number of rotatable bonds is 12. The minimum absolute atomic E-state index is 0.189. The first-order valence-corrected chi connectivity index (χ1v) is 20.6. The van der Waals surface area contributed by atoms with Crippen LogP contribution in [0.5, 0.6) is 17.2 Å². The highest BCUT2D eigenvalue weighted by molar-refractivity contribution is 7.49. The summed E-state index contributed by atoms with van der Waals surface area (Å²) in [5, 5.41) is 2.98. The molecule has 3 N–H and O–H groups in total. The van der Waals surface area contributed by atoms with Crippen molar-refractivity contribution >= 4 is 75.3 Å². The second-order valence-corrected chi connectivity index (χ2v) is 16.1. The van der Waals surface area contributed by atoms with E-state index in [4.69, 9.17) is 48.4 Å². The maximum atomic E-state index is 15.4. The quantitative estimate of drug-likeness (QED) is 0.107. The largest absolute Gasteiger partial charge is 0.647 e. The number of nitrogens with one attached hydrogen (secondary N) is 3. The summed E-state index contributed by atoms with van der Waals surface area (Å²) in [6, 6.07) is 41.7. The molecule has 0 radical (unpaired) electrons. The van der Waals surface area contributed by atoms with E-state index in [0.717, 1.165) is 33.4 Å². The summed E-state index contributed by atoms with van der Waals surface area (Å²) in [6.45, 7) is 0. The van der Waals surface area contributed by atoms with Crippen LogP contribution in [0, 0.1) is 0 Å². The van der Waals surface area contributed by atoms with E-state index in [1.54, 1.807) is 18.6 Å². The number of hydrogen-bond acceptors (Lipinski definition) is 4. The van der Waals surface area contributed by atoms with Crippen LogP contribution < -0.4 is 13.6 Å². The van der Waals surface area contributed by atoms with E-state index in [0.29, 0.717) is 67.0 Å². The van der Waals surface area contributed by atoms with Gasteiger partial charge in [0, 0.05) is 18.6 Å². The van der Waals surface area contributed by atoms with Gasteiger partial charge in [-0.15, -0.1) is 0 Å². The molecule has 0 saturated carbocycles. The van der Waals surface area contributed by atoms with E-state index in [1.165, 1.54) is 0 Å². The fourth-order valence-electron chi connectivity index (χ4n) is 7.08. The molecule has 0 spiro atoms. The van der Waals surface area contributed by atoms with Crippen molar-refractivity contribution in [3.63, 3.8) is 0 Å². The Labute approximate surface area is 337 Å². The van der Waals surface area contributed by atoms with Crippen LogP contribution in [0.4, 0.5) is 0 Å². The number of hydrogen-bond donors (Lipinski definition) is 3. The molecule has 0 bridgehead atoms. The summed E-state index contributed by atoms with van der Waals surface area (Å²) in [4.78, 5) is 9.61. The highest BCUT2D eigenvalue weighted by Gasteiger charge is 2.37. The number of aromatic amines is 3. The van der Waals surface area contributed by atoms with E-state index in [1.807, 2.05) is 127 Å². The van der Waals surface area contributed by atoms with Gasteiger partial charge in [-0.3, -0.25) is 0 Å². The lowest BCUT2D eigenvalue weighted by molar-refractivity contribution is 0.302. The highest BCUT2D eigenvalue weighted by atomic mass is 35.5. The van der Waals surface area contributed by atoms with Gasteiger partial charge in [0.05, 0.1) is 47.8 Å². The Morgan fingerprint density at radius 3 is 0.982 bits per heavy atom. The third-order valence-electron chi connectivity index (χ3n) is 9.82. The van der Waals surface area contributed by atoms with Crippen LogP contribution in [0.25, 0.3) is 32.7 Å². The summed E-state index contributed by atoms with van der Waals surface area (Å²) in [5.74, 6) is 0.568. The van der Waals surface area contributed by atoms with Gasteiger partial charge in [-0.25, -0.2) is 0 Å². The Hall–Kier alpha value is -5.56. The van der Waals surface area contributed by atoms with Crippen molar-refractivity contribution in [2.75, 3.05) is 0 Å². The van der Waals surface area contributed by atoms with Gasteiger partial charge in [-0.2, -0.15) is 4.57 Å². The Morgan fingerprint density at radius 2 is 0.696 bits per heavy atom. The molecule has 0 unspecified atom stereocenters. The molecule has 0 aliphatic carbocycles. The minimum Gasteiger partial charge on any atom is -0.384 e. The Kier molecular flexibility index (Phi) is 9.78. The first-order chi connectivity index (χ1) is 27.3. The fraction of sp³-hybridized carbons (Fsp3) is 0.0667. The van der Waals surface area contributed by atoms with E-state index in [-0.39, 0.29) is 17.2 Å². The summed E-state index contributed by atoms with van der Waals surface area (Å²) in [7, 11) is -4.64. The van der Waals surface area contributed by atoms with Gasteiger partial charge in [-0.1, -0.05) is 144 Å². The molecule has 6 aromatic carbocycles. The summed E-state index contributed by atoms with van der Waals surface area (Å²) in [6.07, 6.45) is 6.56. The molecule has 3 aromatic heterocycles. The second-order valence-electron chi connectivity index (χ2n) is 13.6. The number of aromatic nitrogens is 3. The zero-order valence-corrected chi connectivity index (χ0v) is 32.9. The van der Waals surface area contributed by atoms with Crippen LogP contribution in [-0.4, -0.2) is 15.0 Å². The predicted molar refractivity (Wildman–Crippen MR) is 227 cm³/mol. The monoisotopic (exact) mass is 815 g/mol. The Morgan fingerprint density at radius 1 is 0.411 bits per heavy atom. The van der Waals surface area contributed by atoms with Crippen molar-refractivity contribution in [2.24, 2.45) is 0 Å². The lowest BCUT2D eigenvalue weighted by atomic mass is 10.0. The average Bonchev–Trinajstić information content (AvgIpc) is 3.94. The molecule has 9 aromatic rings. The summed E-state index contributed by atoms with van der Waals surface area (Å²) >= 11 is 21.3. The SMILES string of the molecule is O=P(Oc1c[nH]c2ccc(Cc3ccccc3)c(Cl)c12)(Oc1c[nH]c2ccc(Cc3ccccc3)c(Cl)c12)Oc1c[nH]c2ccc(Cc3ccccc3)c(Cl)c12. The molecule has 3 heterocycles. The summed E-state index contributed by atoms with van der Waals surface area (Å²) in [5.41, 5.74) is 7.96. The lowest BCUT2D eigenvalue weighted by Crippen LogP contribution is -2.07. The van der Waals surface area contributed by atoms with Gasteiger partial charge >= 0.3 is 7.82 Å². The molecule has 11 heteroatoms. The average molecular weight is 817 g/mol. The number of fused-ring (bicyclic) bond motifs is 3. The molecule has 0 saturated heterocycles. The number of benzene rings is 6. The van der Waals surface area contributed by atoms with E-state index in [9.17, 15) is 0 Å². The number of phosphoric acid groups is 1. The third-order valence-corrected chi connectivity index (χ3v) is 12.4. The van der Waals surface area contributed by atoms with Crippen LogP contribution in [-0.2, 0) is 23.8 Å². The van der Waals surface area contributed by atoms with Gasteiger partial charge in [0.25, 0.3) is 0 Å². The number of halogens is 3. The molecule has 9 rings (SSSR count). The van der Waals surface area contributed by atoms with Crippen molar-refractivity contribution in [3.8, 4) is 17.2 Å². The van der Waals surface area contributed by atoms with Gasteiger partial charge < -0.3 is 28.5 Å². The zero-order valence-electron chi connectivity index (χ0n) is 29.7. The number of H-pyrrole nitrogens is 3. The van der Waals surface area contributed by atoms with Crippen LogP contribution in [0.1, 0.15) is 33.4 Å². The van der Waals surface area contributed by atoms with Crippen LogP contribution in [0.2, 0.25) is 15.1 Å².